The number of pyridine rings is 1. The molecular weight excluding hydrogens is 168 g/mol. The molecule has 13 heavy (non-hydrogen) atoms. The summed E-state index contributed by atoms with van der Waals surface area (Å²) in [7, 11) is 1.29. The minimum Gasteiger partial charge on any atom is -0.465 e. The van der Waals surface area contributed by atoms with E-state index >= 15 is 0 Å². The molecule has 0 saturated heterocycles. The SMILES string of the molecule is COC(=O)c1cc(C#N)cnc1C. The first-order valence-electron chi connectivity index (χ1n) is 3.64. The fourth-order valence-electron chi connectivity index (χ4n) is 0.911. The van der Waals surface area contributed by atoms with Gasteiger partial charge in [0.25, 0.3) is 0 Å². The second-order valence-electron chi connectivity index (χ2n) is 2.46. The van der Waals surface area contributed by atoms with Crippen molar-refractivity contribution >= 4 is 5.97 Å². The summed E-state index contributed by atoms with van der Waals surface area (Å²) < 4.78 is 4.53. The minimum atomic E-state index is -0.470. The normalized spacial score (nSPS) is 9.00. The molecule has 0 N–H and O–H groups in total. The van der Waals surface area contributed by atoms with Crippen LogP contribution in [0.1, 0.15) is 21.6 Å². The number of nitriles is 1. The fourth-order valence-corrected chi connectivity index (χ4v) is 0.911. The lowest BCUT2D eigenvalue weighted by molar-refractivity contribution is 0.0599. The molecule has 0 saturated carbocycles. The van der Waals surface area contributed by atoms with E-state index in [1.54, 1.807) is 6.92 Å². The quantitative estimate of drug-likeness (QED) is 0.600. The molecule has 0 bridgehead atoms. The molecule has 4 nitrogen and oxygen atoms in total. The second-order valence-corrected chi connectivity index (χ2v) is 2.46. The van der Waals surface area contributed by atoms with Crippen molar-refractivity contribution in [3.8, 4) is 6.07 Å². The van der Waals surface area contributed by atoms with Crippen molar-refractivity contribution in [1.29, 1.82) is 5.26 Å². The Morgan fingerprint density at radius 1 is 1.69 bits per heavy atom. The Hall–Kier alpha value is -1.89. The molecule has 1 aromatic heterocycles. The average Bonchev–Trinajstić information content (AvgIpc) is 2.17. The van der Waals surface area contributed by atoms with Gasteiger partial charge in [-0.2, -0.15) is 5.26 Å². The first-order valence-corrected chi connectivity index (χ1v) is 3.64. The third-order valence-electron chi connectivity index (χ3n) is 1.62. The fraction of sp³-hybridized carbons (Fsp3) is 0.222. The molecule has 4 heteroatoms. The number of nitrogens with zero attached hydrogens (tertiary/aromatic N) is 2. The van der Waals surface area contributed by atoms with Gasteiger partial charge in [0.2, 0.25) is 0 Å². The molecule has 1 heterocycles. The number of ether oxygens (including phenoxy) is 1. The molecule has 0 amide bonds. The maximum absolute atomic E-state index is 11.1. The van der Waals surface area contributed by atoms with Gasteiger partial charge in [0.1, 0.15) is 6.07 Å². The second kappa shape index (κ2) is 3.68. The maximum atomic E-state index is 11.1. The third kappa shape index (κ3) is 1.82. The first kappa shape index (κ1) is 9.20. The van der Waals surface area contributed by atoms with Crippen molar-refractivity contribution in [2.75, 3.05) is 7.11 Å². The molecule has 0 radical (unpaired) electrons. The Balaban J connectivity index is 3.20. The van der Waals surface area contributed by atoms with Crippen LogP contribution in [0.3, 0.4) is 0 Å². The zero-order valence-electron chi connectivity index (χ0n) is 7.37. The number of hydrogen-bond donors (Lipinski definition) is 0. The Kier molecular flexibility index (Phi) is 2.60. The van der Waals surface area contributed by atoms with Crippen LogP contribution in [0, 0.1) is 18.3 Å². The van der Waals surface area contributed by atoms with Gasteiger partial charge in [0, 0.05) is 6.20 Å². The monoisotopic (exact) mass is 176 g/mol. The number of carbonyl (C=O) groups excluding carboxylic acids is 1. The van der Waals surface area contributed by atoms with Crippen molar-refractivity contribution in [1.82, 2.24) is 4.98 Å². The Labute approximate surface area is 75.8 Å². The average molecular weight is 176 g/mol. The molecule has 0 aliphatic heterocycles. The van der Waals surface area contributed by atoms with E-state index in [2.05, 4.69) is 9.72 Å². The summed E-state index contributed by atoms with van der Waals surface area (Å²) >= 11 is 0. The highest BCUT2D eigenvalue weighted by Gasteiger charge is 2.10. The van der Waals surface area contributed by atoms with Crippen LogP contribution < -0.4 is 0 Å². The van der Waals surface area contributed by atoms with Gasteiger partial charge in [-0.3, -0.25) is 4.98 Å². The van der Waals surface area contributed by atoms with E-state index in [1.807, 2.05) is 6.07 Å². The van der Waals surface area contributed by atoms with Crippen LogP contribution in [0.2, 0.25) is 0 Å². The van der Waals surface area contributed by atoms with Gasteiger partial charge in [-0.25, -0.2) is 4.79 Å². The zero-order chi connectivity index (χ0) is 9.84. The largest absolute Gasteiger partial charge is 0.465 e. The lowest BCUT2D eigenvalue weighted by atomic mass is 10.1. The summed E-state index contributed by atoms with van der Waals surface area (Å²) in [5.41, 5.74) is 1.25. The van der Waals surface area contributed by atoms with Gasteiger partial charge < -0.3 is 4.74 Å². The molecule has 0 atom stereocenters. The molecule has 0 aliphatic rings. The molecule has 1 rings (SSSR count). The number of methoxy groups -OCH3 is 1. The van der Waals surface area contributed by atoms with Gasteiger partial charge in [0.05, 0.1) is 23.9 Å². The Morgan fingerprint density at radius 2 is 2.38 bits per heavy atom. The lowest BCUT2D eigenvalue weighted by Gasteiger charge is -2.01. The van der Waals surface area contributed by atoms with E-state index in [1.165, 1.54) is 19.4 Å². The van der Waals surface area contributed by atoms with Crippen LogP contribution in [0.25, 0.3) is 0 Å². The van der Waals surface area contributed by atoms with Gasteiger partial charge >= 0.3 is 5.97 Å². The van der Waals surface area contributed by atoms with Crippen molar-refractivity contribution in [2.45, 2.75) is 6.92 Å². The summed E-state index contributed by atoms with van der Waals surface area (Å²) in [5.74, 6) is -0.470. The maximum Gasteiger partial charge on any atom is 0.339 e. The number of aromatic nitrogens is 1. The summed E-state index contributed by atoms with van der Waals surface area (Å²) in [6, 6.07) is 3.37. The van der Waals surface area contributed by atoms with E-state index < -0.39 is 5.97 Å². The van der Waals surface area contributed by atoms with Crippen LogP contribution in [0.15, 0.2) is 12.3 Å². The lowest BCUT2D eigenvalue weighted by Crippen LogP contribution is -2.05. The molecule has 0 aliphatic carbocycles. The predicted molar refractivity (Wildman–Crippen MR) is 45.0 cm³/mol. The summed E-state index contributed by atoms with van der Waals surface area (Å²) in [4.78, 5) is 15.0. The van der Waals surface area contributed by atoms with Crippen molar-refractivity contribution in [3.05, 3.63) is 29.1 Å². The van der Waals surface area contributed by atoms with E-state index in [9.17, 15) is 4.79 Å². The molecule has 0 aromatic carbocycles. The van der Waals surface area contributed by atoms with E-state index in [4.69, 9.17) is 5.26 Å². The smallest absolute Gasteiger partial charge is 0.339 e. The highest BCUT2D eigenvalue weighted by atomic mass is 16.5. The van der Waals surface area contributed by atoms with E-state index in [0.717, 1.165) is 0 Å². The highest BCUT2D eigenvalue weighted by Crippen LogP contribution is 2.08. The molecule has 0 unspecified atom stereocenters. The van der Waals surface area contributed by atoms with Crippen molar-refractivity contribution < 1.29 is 9.53 Å². The number of carbonyl (C=O) groups is 1. The summed E-state index contributed by atoms with van der Waals surface area (Å²) in [6.45, 7) is 1.69. The van der Waals surface area contributed by atoms with Crippen LogP contribution >= 0.6 is 0 Å². The Morgan fingerprint density at radius 3 is 2.92 bits per heavy atom. The van der Waals surface area contributed by atoms with Gasteiger partial charge in [0.15, 0.2) is 0 Å². The predicted octanol–water partition coefficient (Wildman–Crippen LogP) is 1.05. The Bertz CT molecular complexity index is 380. The number of aryl methyl sites for hydroxylation is 1. The zero-order valence-corrected chi connectivity index (χ0v) is 7.37. The molecule has 1 aromatic rings. The van der Waals surface area contributed by atoms with Gasteiger partial charge in [-0.05, 0) is 13.0 Å². The third-order valence-corrected chi connectivity index (χ3v) is 1.62. The van der Waals surface area contributed by atoms with Crippen LogP contribution in [-0.4, -0.2) is 18.1 Å². The topological polar surface area (TPSA) is 63.0 Å². The van der Waals surface area contributed by atoms with Gasteiger partial charge in [-0.1, -0.05) is 0 Å². The summed E-state index contributed by atoms with van der Waals surface area (Å²) in [5, 5.41) is 8.57. The van der Waals surface area contributed by atoms with Crippen LogP contribution in [0.5, 0.6) is 0 Å². The van der Waals surface area contributed by atoms with Crippen LogP contribution in [-0.2, 0) is 4.74 Å². The van der Waals surface area contributed by atoms with Crippen molar-refractivity contribution in [2.24, 2.45) is 0 Å². The van der Waals surface area contributed by atoms with E-state index in [-0.39, 0.29) is 0 Å². The first-order chi connectivity index (χ1) is 6.19. The summed E-state index contributed by atoms with van der Waals surface area (Å²) in [6.07, 6.45) is 1.42. The number of rotatable bonds is 1. The minimum absolute atomic E-state index is 0.335. The molecule has 66 valence electrons. The molecule has 0 fully saturated rings. The number of esters is 1. The molecule has 0 spiro atoms. The number of hydrogen-bond acceptors (Lipinski definition) is 4. The standard InChI is InChI=1S/C9H8N2O2/c1-6-8(9(12)13-2)3-7(4-10)5-11-6/h3,5H,1-2H3. The van der Waals surface area contributed by atoms with Gasteiger partial charge in [-0.15, -0.1) is 0 Å². The van der Waals surface area contributed by atoms with Crippen molar-refractivity contribution in [3.63, 3.8) is 0 Å². The highest BCUT2D eigenvalue weighted by molar-refractivity contribution is 5.90. The van der Waals surface area contributed by atoms with E-state index in [0.29, 0.717) is 16.8 Å². The molecular formula is C9H8N2O2. The van der Waals surface area contributed by atoms with Crippen LogP contribution in [0.4, 0.5) is 0 Å².